The molecule has 4 heteroatoms. The third kappa shape index (κ3) is 1.50. The van der Waals surface area contributed by atoms with Crippen LogP contribution in [0.5, 0.6) is 0 Å². The summed E-state index contributed by atoms with van der Waals surface area (Å²) >= 11 is 0. The van der Waals surface area contributed by atoms with Gasteiger partial charge in [0.2, 0.25) is 5.91 Å². The van der Waals surface area contributed by atoms with Gasteiger partial charge >= 0.3 is 0 Å². The summed E-state index contributed by atoms with van der Waals surface area (Å²) in [6.45, 7) is 0. The van der Waals surface area contributed by atoms with E-state index in [1.807, 2.05) is 12.1 Å². The molecule has 70 valence electrons. The van der Waals surface area contributed by atoms with E-state index in [9.17, 15) is 4.79 Å². The lowest BCUT2D eigenvalue weighted by atomic mass is 10.2. The van der Waals surface area contributed by atoms with Crippen molar-refractivity contribution in [2.45, 2.75) is 0 Å². The predicted molar refractivity (Wildman–Crippen MR) is 54.3 cm³/mol. The lowest BCUT2D eigenvalue weighted by Crippen LogP contribution is -2.04. The average molecular weight is 187 g/mol. The van der Waals surface area contributed by atoms with Gasteiger partial charge in [0.25, 0.3) is 0 Å². The number of pyridine rings is 1. The van der Waals surface area contributed by atoms with Gasteiger partial charge < -0.3 is 10.7 Å². The van der Waals surface area contributed by atoms with Crippen molar-refractivity contribution < 1.29 is 4.79 Å². The van der Waals surface area contributed by atoms with Crippen LogP contribution in [0.3, 0.4) is 0 Å². The molecule has 0 bridgehead atoms. The van der Waals surface area contributed by atoms with Crippen molar-refractivity contribution in [3.05, 3.63) is 36.2 Å². The summed E-state index contributed by atoms with van der Waals surface area (Å²) in [5.74, 6) is -0.455. The van der Waals surface area contributed by atoms with E-state index in [0.29, 0.717) is 0 Å². The molecule has 0 aromatic carbocycles. The van der Waals surface area contributed by atoms with E-state index in [1.54, 1.807) is 18.5 Å². The molecule has 3 N–H and O–H groups in total. The number of nitrogens with one attached hydrogen (secondary N) is 1. The number of carbonyl (C=O) groups excluding carboxylic acids is 1. The van der Waals surface area contributed by atoms with Crippen molar-refractivity contribution in [2.24, 2.45) is 5.73 Å². The summed E-state index contributed by atoms with van der Waals surface area (Å²) in [6, 6.07) is 3.78. The predicted octanol–water partition coefficient (Wildman–Crippen LogP) is 1.06. The lowest BCUT2D eigenvalue weighted by Gasteiger charge is -1.88. The van der Waals surface area contributed by atoms with Crippen LogP contribution in [-0.4, -0.2) is 15.9 Å². The molecule has 14 heavy (non-hydrogen) atoms. The molecule has 2 aromatic rings. The maximum atomic E-state index is 10.5. The molecule has 1 amide bonds. The lowest BCUT2D eigenvalue weighted by molar-refractivity contribution is -0.113. The Balaban J connectivity index is 2.48. The first-order valence-corrected chi connectivity index (χ1v) is 4.17. The molecule has 0 aliphatic heterocycles. The third-order valence-corrected chi connectivity index (χ3v) is 1.91. The van der Waals surface area contributed by atoms with Crippen LogP contribution in [-0.2, 0) is 4.79 Å². The highest BCUT2D eigenvalue weighted by Crippen LogP contribution is 2.16. The standard InChI is InChI=1S/C10H9N3O/c11-9(14)4-3-7-6-13-10-8(7)2-1-5-12-10/h1-6H,(H2,11,14)(H,12,13). The molecule has 4 nitrogen and oxygen atoms in total. The molecule has 0 unspecified atom stereocenters. The number of nitrogens with two attached hydrogens (primary N) is 1. The van der Waals surface area contributed by atoms with Crippen LogP contribution >= 0.6 is 0 Å². The molecule has 2 rings (SSSR count). The minimum Gasteiger partial charge on any atom is -0.366 e. The van der Waals surface area contributed by atoms with Crippen LogP contribution in [0.1, 0.15) is 5.56 Å². The van der Waals surface area contributed by atoms with Crippen molar-refractivity contribution in [1.29, 1.82) is 0 Å². The zero-order valence-corrected chi connectivity index (χ0v) is 7.40. The first-order valence-electron chi connectivity index (χ1n) is 4.17. The number of carbonyl (C=O) groups is 1. The number of nitrogens with zero attached hydrogens (tertiary/aromatic N) is 1. The summed E-state index contributed by atoms with van der Waals surface area (Å²) in [4.78, 5) is 17.7. The Labute approximate surface area is 80.4 Å². The molecule has 0 aliphatic carbocycles. The summed E-state index contributed by atoms with van der Waals surface area (Å²) in [5.41, 5.74) is 6.71. The van der Waals surface area contributed by atoms with Crippen molar-refractivity contribution in [1.82, 2.24) is 9.97 Å². The van der Waals surface area contributed by atoms with Gasteiger partial charge in [-0.2, -0.15) is 0 Å². The molecular weight excluding hydrogens is 178 g/mol. The minimum absolute atomic E-state index is 0.455. The van der Waals surface area contributed by atoms with Gasteiger partial charge in [-0.1, -0.05) is 0 Å². The highest BCUT2D eigenvalue weighted by atomic mass is 16.1. The fourth-order valence-electron chi connectivity index (χ4n) is 1.29. The fourth-order valence-corrected chi connectivity index (χ4v) is 1.29. The van der Waals surface area contributed by atoms with Crippen LogP contribution in [0.4, 0.5) is 0 Å². The number of hydrogen-bond acceptors (Lipinski definition) is 2. The second-order valence-electron chi connectivity index (χ2n) is 2.88. The van der Waals surface area contributed by atoms with Crippen LogP contribution in [0.15, 0.2) is 30.6 Å². The molecule has 2 aromatic heterocycles. The number of rotatable bonds is 2. The Hall–Kier alpha value is -2.10. The average Bonchev–Trinajstić information content (AvgIpc) is 2.58. The van der Waals surface area contributed by atoms with E-state index in [-0.39, 0.29) is 0 Å². The minimum atomic E-state index is -0.455. The van der Waals surface area contributed by atoms with Crippen molar-refractivity contribution >= 4 is 23.0 Å². The quantitative estimate of drug-likeness (QED) is 0.690. The van der Waals surface area contributed by atoms with Crippen LogP contribution in [0, 0.1) is 0 Å². The third-order valence-electron chi connectivity index (χ3n) is 1.91. The molecule has 0 fully saturated rings. The summed E-state index contributed by atoms with van der Waals surface area (Å²) < 4.78 is 0. The number of primary amides is 1. The summed E-state index contributed by atoms with van der Waals surface area (Å²) in [6.07, 6.45) is 6.50. The van der Waals surface area contributed by atoms with Gasteiger partial charge in [0.15, 0.2) is 0 Å². The van der Waals surface area contributed by atoms with Gasteiger partial charge in [0.1, 0.15) is 5.65 Å². The van der Waals surface area contributed by atoms with E-state index in [2.05, 4.69) is 9.97 Å². The highest BCUT2D eigenvalue weighted by Gasteiger charge is 1.99. The van der Waals surface area contributed by atoms with Crippen molar-refractivity contribution in [3.8, 4) is 0 Å². The molecule has 2 heterocycles. The zero-order chi connectivity index (χ0) is 9.97. The van der Waals surface area contributed by atoms with Crippen LogP contribution in [0.25, 0.3) is 17.1 Å². The normalized spacial score (nSPS) is 11.1. The Kier molecular flexibility index (Phi) is 2.02. The van der Waals surface area contributed by atoms with E-state index >= 15 is 0 Å². The maximum Gasteiger partial charge on any atom is 0.241 e. The number of H-pyrrole nitrogens is 1. The van der Waals surface area contributed by atoms with Crippen LogP contribution < -0.4 is 5.73 Å². The molecule has 0 radical (unpaired) electrons. The Morgan fingerprint density at radius 1 is 1.57 bits per heavy atom. The number of aromatic nitrogens is 2. The van der Waals surface area contributed by atoms with Gasteiger partial charge in [-0.15, -0.1) is 0 Å². The van der Waals surface area contributed by atoms with E-state index in [1.165, 1.54) is 6.08 Å². The number of aromatic amines is 1. The first kappa shape index (κ1) is 8.50. The van der Waals surface area contributed by atoms with Crippen molar-refractivity contribution in [3.63, 3.8) is 0 Å². The van der Waals surface area contributed by atoms with Gasteiger partial charge in [0, 0.05) is 29.4 Å². The molecular formula is C10H9N3O. The molecule has 0 saturated heterocycles. The Bertz CT molecular complexity index is 499. The second kappa shape index (κ2) is 3.33. The SMILES string of the molecule is NC(=O)C=Cc1c[nH]c2ncccc12. The topological polar surface area (TPSA) is 71.8 Å². The molecule has 0 atom stereocenters. The number of hydrogen-bond donors (Lipinski definition) is 2. The first-order chi connectivity index (χ1) is 6.77. The molecule has 0 aliphatic rings. The number of amides is 1. The Morgan fingerprint density at radius 3 is 3.21 bits per heavy atom. The van der Waals surface area contributed by atoms with E-state index in [0.717, 1.165) is 16.6 Å². The maximum absolute atomic E-state index is 10.5. The van der Waals surface area contributed by atoms with E-state index in [4.69, 9.17) is 5.73 Å². The zero-order valence-electron chi connectivity index (χ0n) is 7.40. The van der Waals surface area contributed by atoms with Gasteiger partial charge in [0.05, 0.1) is 0 Å². The summed E-state index contributed by atoms with van der Waals surface area (Å²) in [5, 5.41) is 0.977. The van der Waals surface area contributed by atoms with Crippen LogP contribution in [0.2, 0.25) is 0 Å². The largest absolute Gasteiger partial charge is 0.366 e. The number of fused-ring (bicyclic) bond motifs is 1. The fraction of sp³-hybridized carbons (Fsp3) is 0. The second-order valence-corrected chi connectivity index (χ2v) is 2.88. The Morgan fingerprint density at radius 2 is 2.43 bits per heavy atom. The van der Waals surface area contributed by atoms with Gasteiger partial charge in [-0.3, -0.25) is 4.79 Å². The highest BCUT2D eigenvalue weighted by molar-refractivity contribution is 5.94. The monoisotopic (exact) mass is 187 g/mol. The van der Waals surface area contributed by atoms with Gasteiger partial charge in [-0.25, -0.2) is 4.98 Å². The molecule has 0 spiro atoms. The molecule has 0 saturated carbocycles. The van der Waals surface area contributed by atoms with Gasteiger partial charge in [-0.05, 0) is 18.2 Å². The van der Waals surface area contributed by atoms with Crippen molar-refractivity contribution in [2.75, 3.05) is 0 Å². The smallest absolute Gasteiger partial charge is 0.241 e. The van der Waals surface area contributed by atoms with E-state index < -0.39 is 5.91 Å². The summed E-state index contributed by atoms with van der Waals surface area (Å²) in [7, 11) is 0.